The maximum atomic E-state index is 12.9. The second-order valence-electron chi connectivity index (χ2n) is 6.92. The van der Waals surface area contributed by atoms with E-state index < -0.39 is 17.7 Å². The molecular formula is C23H18ClNO4. The van der Waals surface area contributed by atoms with Crippen molar-refractivity contribution in [2.45, 2.75) is 19.5 Å². The number of rotatable bonds is 4. The number of halogens is 1. The minimum atomic E-state index is -0.727. The molecule has 0 bridgehead atoms. The third-order valence-corrected chi connectivity index (χ3v) is 5.21. The number of aliphatic hydroxyl groups excluding tert-OH is 1. The molecule has 1 amide bonds. The number of aliphatic hydroxyl groups is 1. The van der Waals surface area contributed by atoms with Crippen LogP contribution in [0.25, 0.3) is 5.76 Å². The van der Waals surface area contributed by atoms with Crippen LogP contribution in [0.1, 0.15) is 28.5 Å². The van der Waals surface area contributed by atoms with Gasteiger partial charge in [-0.3, -0.25) is 9.59 Å². The van der Waals surface area contributed by atoms with E-state index in [1.54, 1.807) is 36.4 Å². The van der Waals surface area contributed by atoms with E-state index in [9.17, 15) is 14.7 Å². The molecule has 1 aliphatic heterocycles. The number of hydrogen-bond acceptors (Lipinski definition) is 4. The summed E-state index contributed by atoms with van der Waals surface area (Å²) in [4.78, 5) is 27.2. The van der Waals surface area contributed by atoms with Gasteiger partial charge in [0.25, 0.3) is 11.7 Å². The summed E-state index contributed by atoms with van der Waals surface area (Å²) in [5.41, 5.74) is 2.25. The first-order valence-electron chi connectivity index (χ1n) is 9.09. The van der Waals surface area contributed by atoms with E-state index in [0.717, 1.165) is 11.1 Å². The zero-order valence-electron chi connectivity index (χ0n) is 15.6. The topological polar surface area (TPSA) is 70.8 Å². The van der Waals surface area contributed by atoms with Gasteiger partial charge in [-0.05, 0) is 48.9 Å². The average Bonchev–Trinajstić information content (AvgIpc) is 3.31. The van der Waals surface area contributed by atoms with Crippen molar-refractivity contribution >= 4 is 29.1 Å². The van der Waals surface area contributed by atoms with Crippen molar-refractivity contribution in [3.8, 4) is 0 Å². The molecule has 146 valence electrons. The monoisotopic (exact) mass is 407 g/mol. The van der Waals surface area contributed by atoms with E-state index in [-0.39, 0.29) is 17.9 Å². The third kappa shape index (κ3) is 3.57. The Morgan fingerprint density at radius 1 is 1.07 bits per heavy atom. The predicted octanol–water partition coefficient (Wildman–Crippen LogP) is 4.86. The first-order chi connectivity index (χ1) is 14.0. The van der Waals surface area contributed by atoms with Crippen LogP contribution in [-0.4, -0.2) is 21.7 Å². The van der Waals surface area contributed by atoms with Gasteiger partial charge in [-0.2, -0.15) is 0 Å². The number of nitrogens with zero attached hydrogens (tertiary/aromatic N) is 1. The number of hydrogen-bond donors (Lipinski definition) is 1. The Kier molecular flexibility index (Phi) is 4.99. The fraction of sp³-hybridized carbons (Fsp3) is 0.130. The van der Waals surface area contributed by atoms with Crippen molar-refractivity contribution in [3.05, 3.63) is 100.0 Å². The zero-order valence-corrected chi connectivity index (χ0v) is 16.4. The third-order valence-electron chi connectivity index (χ3n) is 4.96. The largest absolute Gasteiger partial charge is 0.507 e. The number of benzene rings is 2. The molecule has 1 aromatic heterocycles. The first kappa shape index (κ1) is 19.0. The fourth-order valence-electron chi connectivity index (χ4n) is 3.47. The summed E-state index contributed by atoms with van der Waals surface area (Å²) < 4.78 is 5.38. The lowest BCUT2D eigenvalue weighted by Crippen LogP contribution is -2.29. The summed E-state index contributed by atoms with van der Waals surface area (Å²) >= 11 is 5.93. The molecule has 1 atom stereocenters. The number of ketones is 1. The summed E-state index contributed by atoms with van der Waals surface area (Å²) in [6, 6.07) is 16.7. The fourth-order valence-corrected chi connectivity index (χ4v) is 3.60. The van der Waals surface area contributed by atoms with Gasteiger partial charge in [-0.25, -0.2) is 0 Å². The van der Waals surface area contributed by atoms with E-state index >= 15 is 0 Å². The maximum Gasteiger partial charge on any atom is 0.296 e. The van der Waals surface area contributed by atoms with Crippen molar-refractivity contribution in [3.63, 3.8) is 0 Å². The number of aryl methyl sites for hydroxylation is 1. The molecule has 1 aliphatic rings. The highest BCUT2D eigenvalue weighted by Crippen LogP contribution is 2.40. The highest BCUT2D eigenvalue weighted by atomic mass is 35.5. The zero-order chi connectivity index (χ0) is 20.5. The standard InChI is InChI=1S/C23H18ClNO4/c1-14-4-6-15(7-5-14)20-19(21(26)16-8-10-17(24)11-9-16)22(27)23(28)25(20)13-18-3-2-12-29-18/h2-12,20,26H,13H2,1H3/b21-19+. The van der Waals surface area contributed by atoms with Gasteiger partial charge in [0, 0.05) is 10.6 Å². The normalized spacial score (nSPS) is 18.4. The van der Waals surface area contributed by atoms with E-state index in [1.807, 2.05) is 31.2 Å². The summed E-state index contributed by atoms with van der Waals surface area (Å²) in [6.07, 6.45) is 1.51. The Bertz CT molecular complexity index is 1080. The first-order valence-corrected chi connectivity index (χ1v) is 9.47. The molecular weight excluding hydrogens is 390 g/mol. The van der Waals surface area contributed by atoms with E-state index in [2.05, 4.69) is 0 Å². The van der Waals surface area contributed by atoms with Crippen LogP contribution in [0, 0.1) is 6.92 Å². The van der Waals surface area contributed by atoms with E-state index in [0.29, 0.717) is 16.3 Å². The molecule has 0 saturated carbocycles. The molecule has 2 heterocycles. The second kappa shape index (κ2) is 7.60. The highest BCUT2D eigenvalue weighted by molar-refractivity contribution is 6.46. The van der Waals surface area contributed by atoms with Crippen LogP contribution in [-0.2, 0) is 16.1 Å². The lowest BCUT2D eigenvalue weighted by molar-refractivity contribution is -0.140. The Morgan fingerprint density at radius 3 is 2.38 bits per heavy atom. The molecule has 3 aromatic rings. The van der Waals surface area contributed by atoms with Crippen molar-refractivity contribution in [1.29, 1.82) is 0 Å². The molecule has 4 rings (SSSR count). The lowest BCUT2D eigenvalue weighted by Gasteiger charge is -2.24. The van der Waals surface area contributed by atoms with Gasteiger partial charge in [0.15, 0.2) is 0 Å². The number of likely N-dealkylation sites (tertiary alicyclic amines) is 1. The highest BCUT2D eigenvalue weighted by Gasteiger charge is 2.46. The van der Waals surface area contributed by atoms with E-state index in [4.69, 9.17) is 16.0 Å². The number of Topliss-reactive ketones (excluding diaryl/α,β-unsaturated/α-hetero) is 1. The number of amides is 1. The smallest absolute Gasteiger partial charge is 0.296 e. The van der Waals surface area contributed by atoms with Crippen LogP contribution >= 0.6 is 11.6 Å². The van der Waals surface area contributed by atoms with Crippen LogP contribution in [0.2, 0.25) is 5.02 Å². The molecule has 0 radical (unpaired) electrons. The van der Waals surface area contributed by atoms with Crippen LogP contribution in [0.15, 0.2) is 76.9 Å². The summed E-state index contributed by atoms with van der Waals surface area (Å²) in [5, 5.41) is 11.5. The van der Waals surface area contributed by atoms with Crippen molar-refractivity contribution < 1.29 is 19.1 Å². The molecule has 1 saturated heterocycles. The second-order valence-corrected chi connectivity index (χ2v) is 7.36. The Labute approximate surface area is 172 Å². The number of furan rings is 1. The molecule has 5 nitrogen and oxygen atoms in total. The summed E-state index contributed by atoms with van der Waals surface area (Å²) in [7, 11) is 0. The predicted molar refractivity (Wildman–Crippen MR) is 109 cm³/mol. The van der Waals surface area contributed by atoms with Crippen molar-refractivity contribution in [2.75, 3.05) is 0 Å². The Balaban J connectivity index is 1.86. The Hall–Kier alpha value is -3.31. The molecule has 1 N–H and O–H groups in total. The summed E-state index contributed by atoms with van der Waals surface area (Å²) in [6.45, 7) is 2.07. The number of carbonyl (C=O) groups excluding carboxylic acids is 2. The van der Waals surface area contributed by atoms with Gasteiger partial charge >= 0.3 is 0 Å². The molecule has 6 heteroatoms. The molecule has 1 unspecified atom stereocenters. The van der Waals surface area contributed by atoms with Crippen LogP contribution < -0.4 is 0 Å². The maximum absolute atomic E-state index is 12.9. The minimum Gasteiger partial charge on any atom is -0.507 e. The molecule has 2 aromatic carbocycles. The van der Waals surface area contributed by atoms with Gasteiger partial charge in [0.2, 0.25) is 0 Å². The minimum absolute atomic E-state index is 0.0488. The molecule has 0 spiro atoms. The summed E-state index contributed by atoms with van der Waals surface area (Å²) in [5.74, 6) is -1.08. The number of carbonyl (C=O) groups is 2. The average molecular weight is 408 g/mol. The quantitative estimate of drug-likeness (QED) is 0.381. The van der Waals surface area contributed by atoms with Gasteiger partial charge in [0.1, 0.15) is 11.5 Å². The molecule has 29 heavy (non-hydrogen) atoms. The van der Waals surface area contributed by atoms with Crippen LogP contribution in [0.3, 0.4) is 0 Å². The Morgan fingerprint density at radius 2 is 1.76 bits per heavy atom. The van der Waals surface area contributed by atoms with Crippen LogP contribution in [0.5, 0.6) is 0 Å². The lowest BCUT2D eigenvalue weighted by atomic mass is 9.94. The van der Waals surface area contributed by atoms with Crippen LogP contribution in [0.4, 0.5) is 0 Å². The van der Waals surface area contributed by atoms with Gasteiger partial charge in [0.05, 0.1) is 24.4 Å². The SMILES string of the molecule is Cc1ccc(C2/C(=C(\O)c3ccc(Cl)cc3)C(=O)C(=O)N2Cc2ccco2)cc1. The van der Waals surface area contributed by atoms with Gasteiger partial charge in [-0.1, -0.05) is 41.4 Å². The molecule has 1 fully saturated rings. The van der Waals surface area contributed by atoms with E-state index in [1.165, 1.54) is 11.2 Å². The van der Waals surface area contributed by atoms with Crippen molar-refractivity contribution in [1.82, 2.24) is 4.90 Å². The van der Waals surface area contributed by atoms with Gasteiger partial charge in [-0.15, -0.1) is 0 Å². The van der Waals surface area contributed by atoms with Gasteiger partial charge < -0.3 is 14.4 Å². The molecule has 0 aliphatic carbocycles. The van der Waals surface area contributed by atoms with Crippen molar-refractivity contribution in [2.24, 2.45) is 0 Å².